The van der Waals surface area contributed by atoms with Crippen LogP contribution in [0.3, 0.4) is 0 Å². The molecule has 1 aliphatic rings. The molecule has 23 heavy (non-hydrogen) atoms. The zero-order valence-electron chi connectivity index (χ0n) is 16.2. The molecule has 0 saturated heterocycles. The molecule has 138 valence electrons. The molecule has 0 aromatic heterocycles. The van der Waals surface area contributed by atoms with Crippen LogP contribution in [-0.2, 0) is 15.1 Å². The van der Waals surface area contributed by atoms with Crippen molar-refractivity contribution in [1.29, 1.82) is 0 Å². The van der Waals surface area contributed by atoms with Gasteiger partial charge in [-0.25, -0.2) is 0 Å². The van der Waals surface area contributed by atoms with E-state index in [2.05, 4.69) is 57.5 Å². The second kappa shape index (κ2) is 8.30. The van der Waals surface area contributed by atoms with Crippen LogP contribution in [0.15, 0.2) is 20.6 Å². The summed E-state index contributed by atoms with van der Waals surface area (Å²) in [7, 11) is 0. The minimum atomic E-state index is -3.31. The molecule has 0 aliphatic heterocycles. The van der Waals surface area contributed by atoms with E-state index in [1.54, 1.807) is 3.88 Å². The molecule has 0 aromatic carbocycles. The second-order valence-corrected chi connectivity index (χ2v) is 17.7. The van der Waals surface area contributed by atoms with E-state index in [0.717, 1.165) is 11.1 Å². The third-order valence-electron chi connectivity index (χ3n) is 5.18. The molecule has 0 saturated carbocycles. The van der Waals surface area contributed by atoms with Crippen molar-refractivity contribution in [3.63, 3.8) is 0 Å². The Morgan fingerprint density at radius 1 is 1.13 bits per heavy atom. The van der Waals surface area contributed by atoms with E-state index in [1.807, 2.05) is 0 Å². The first-order valence-electron chi connectivity index (χ1n) is 8.18. The van der Waals surface area contributed by atoms with Gasteiger partial charge in [-0.15, -0.1) is 24.8 Å². The summed E-state index contributed by atoms with van der Waals surface area (Å²) in [6.07, 6.45) is 0.835. The number of halogens is 2. The minimum absolute atomic E-state index is 0. The number of allylic oxidation sites excluding steroid dienone is 4. The summed E-state index contributed by atoms with van der Waals surface area (Å²) in [5, 5.41) is 11.8. The van der Waals surface area contributed by atoms with Crippen molar-refractivity contribution >= 4 is 29.6 Å². The first-order valence-corrected chi connectivity index (χ1v) is 13.5. The number of nitrogens with one attached hydrogen (secondary N) is 1. The average molecular weight is 402 g/mol. The molecule has 0 aromatic rings. The molecule has 1 rings (SSSR count). The first kappa shape index (κ1) is 25.8. The third-order valence-corrected chi connectivity index (χ3v) is 13.9. The molecule has 2 nitrogen and oxygen atoms in total. The summed E-state index contributed by atoms with van der Waals surface area (Å²) in [4.78, 5) is 4.86. The number of hydrogen-bond donors (Lipinski definition) is 2. The summed E-state index contributed by atoms with van der Waals surface area (Å²) in [5.74, 6) is 0.484. The van der Waals surface area contributed by atoms with Gasteiger partial charge in [-0.1, -0.05) is 0 Å². The van der Waals surface area contributed by atoms with Crippen LogP contribution < -0.4 is 3.80 Å². The zero-order valence-corrected chi connectivity index (χ0v) is 19.4. The van der Waals surface area contributed by atoms with Crippen LogP contribution in [0.5, 0.6) is 0 Å². The predicted molar refractivity (Wildman–Crippen MR) is 107 cm³/mol. The Morgan fingerprint density at radius 2 is 1.61 bits per heavy atom. The van der Waals surface area contributed by atoms with Gasteiger partial charge in [-0.2, -0.15) is 0 Å². The van der Waals surface area contributed by atoms with Crippen molar-refractivity contribution in [2.75, 3.05) is 6.61 Å². The van der Waals surface area contributed by atoms with Crippen molar-refractivity contribution in [2.24, 2.45) is 5.92 Å². The first-order chi connectivity index (χ1) is 9.32. The van der Waals surface area contributed by atoms with Crippen LogP contribution in [0.25, 0.3) is 0 Å². The molecule has 0 radical (unpaired) electrons. The second-order valence-electron chi connectivity index (χ2n) is 8.56. The average Bonchev–Trinajstić information content (AvgIpc) is 2.49. The number of aliphatic hydroxyl groups is 1. The van der Waals surface area contributed by atoms with Gasteiger partial charge < -0.3 is 0 Å². The van der Waals surface area contributed by atoms with E-state index < -0.39 is 15.1 Å². The Labute approximate surface area is 156 Å². The van der Waals surface area contributed by atoms with E-state index in [-0.39, 0.29) is 37.0 Å². The van der Waals surface area contributed by atoms with Crippen LogP contribution in [-0.4, -0.2) is 22.1 Å². The molecule has 2 N–H and O–H groups in total. The van der Waals surface area contributed by atoms with Gasteiger partial charge in [0.15, 0.2) is 0 Å². The summed E-state index contributed by atoms with van der Waals surface area (Å²) < 4.78 is 6.56. The Hall–Kier alpha value is 0.564. The van der Waals surface area contributed by atoms with Crippen molar-refractivity contribution < 1.29 is 20.2 Å². The van der Waals surface area contributed by atoms with Gasteiger partial charge in [0.1, 0.15) is 0 Å². The Morgan fingerprint density at radius 3 is 1.91 bits per heavy atom. The van der Waals surface area contributed by atoms with E-state index >= 15 is 0 Å². The molecule has 0 spiro atoms. The summed E-state index contributed by atoms with van der Waals surface area (Å²) in [5.41, 5.74) is 4.42. The van der Waals surface area contributed by atoms with Crippen molar-refractivity contribution in [2.45, 2.75) is 70.4 Å². The Kier molecular flexibility index (Phi) is 9.31. The third kappa shape index (κ3) is 5.52. The topological polar surface area (TPSA) is 32.3 Å². The quantitative estimate of drug-likeness (QED) is 0.607. The number of hydrogen-bond acceptors (Lipinski definition) is 2. The summed E-state index contributed by atoms with van der Waals surface area (Å²) in [6, 6.07) is 0. The maximum atomic E-state index is 9.37. The van der Waals surface area contributed by atoms with Crippen molar-refractivity contribution in [3.8, 4) is 0 Å². The zero-order chi connectivity index (χ0) is 16.7. The molecular weight excluding hydrogens is 365 g/mol. The van der Waals surface area contributed by atoms with Crippen LogP contribution >= 0.6 is 24.8 Å². The molecule has 5 heteroatoms. The summed E-state index contributed by atoms with van der Waals surface area (Å²) >= 11 is -3.31. The van der Waals surface area contributed by atoms with Gasteiger partial charge in [-0.3, -0.25) is 0 Å². The van der Waals surface area contributed by atoms with Crippen molar-refractivity contribution in [3.05, 3.63) is 20.6 Å². The van der Waals surface area contributed by atoms with Gasteiger partial charge in [0.2, 0.25) is 0 Å². The van der Waals surface area contributed by atoms with E-state index in [4.69, 9.17) is 4.82 Å². The Balaban J connectivity index is 0. The maximum absolute atomic E-state index is 9.37. The normalized spacial score (nSPS) is 19.7. The molecule has 0 fully saturated rings. The molecular formula is C18H37Cl2NOTi. The van der Waals surface area contributed by atoms with Gasteiger partial charge in [0, 0.05) is 0 Å². The van der Waals surface area contributed by atoms with E-state index in [1.165, 1.54) is 16.7 Å². The van der Waals surface area contributed by atoms with Gasteiger partial charge in [0.05, 0.1) is 0 Å². The van der Waals surface area contributed by atoms with Gasteiger partial charge >= 0.3 is 132 Å². The number of aliphatic hydroxyl groups excluding tert-OH is 1. The monoisotopic (exact) mass is 401 g/mol. The molecule has 0 bridgehead atoms. The fraction of sp³-hybridized carbons (Fsp3) is 0.722. The van der Waals surface area contributed by atoms with Crippen LogP contribution in [0.2, 0.25) is 9.95 Å². The summed E-state index contributed by atoms with van der Waals surface area (Å²) in [6.45, 7) is 16.0. The van der Waals surface area contributed by atoms with E-state index in [0.29, 0.717) is 5.92 Å². The predicted octanol–water partition coefficient (Wildman–Crippen LogP) is 5.36. The molecule has 0 amide bonds. The van der Waals surface area contributed by atoms with Crippen LogP contribution in [0, 0.1) is 5.92 Å². The molecule has 1 unspecified atom stereocenters. The Bertz CT molecular complexity index is 558. The SMILES string of the molecule is Cl.Cl.[CH2]=[Ti]([CH3])([CH2]CCO)([NH]C(C)(C)C)[C]1=C(C)C(C)=C(C)C1C. The standard InChI is InChI=1S/C9H13.C4H10N.C3H7O.CH3.CH2.2ClH.Ti/c1-6-5-7(2)9(4)8(6)3;1-4(2,3)5;1-2-3-4;;;;;/h6H,1-4H3;5H,1-3H3;4H,1-3H2;1H3;1H2;2*1H;/q;-1;;;;;;+1. The molecule has 0 heterocycles. The van der Waals surface area contributed by atoms with Crippen molar-refractivity contribution in [1.82, 2.24) is 3.80 Å². The van der Waals surface area contributed by atoms with Crippen LogP contribution in [0.1, 0.15) is 54.9 Å². The van der Waals surface area contributed by atoms with Crippen LogP contribution in [0.4, 0.5) is 0 Å². The van der Waals surface area contributed by atoms with Gasteiger partial charge in [0.25, 0.3) is 0 Å². The van der Waals surface area contributed by atoms with Gasteiger partial charge in [-0.05, 0) is 0 Å². The fourth-order valence-electron chi connectivity index (χ4n) is 4.46. The number of rotatable bonds is 5. The van der Waals surface area contributed by atoms with E-state index in [9.17, 15) is 5.11 Å². The molecule has 1 aliphatic carbocycles. The molecule has 1 atom stereocenters. The fourth-order valence-corrected chi connectivity index (χ4v) is 14.7.